The number of halogens is 1. The van der Waals surface area contributed by atoms with Gasteiger partial charge >= 0.3 is 0 Å². The molecule has 2 aliphatic rings. The zero-order valence-corrected chi connectivity index (χ0v) is 35.0. The van der Waals surface area contributed by atoms with E-state index in [9.17, 15) is 29.1 Å². The van der Waals surface area contributed by atoms with Crippen LogP contribution in [0.3, 0.4) is 0 Å². The molecule has 4 amide bonds. The van der Waals surface area contributed by atoms with Crippen LogP contribution < -0.4 is 16.2 Å². The second-order valence-corrected chi connectivity index (χ2v) is 16.7. The van der Waals surface area contributed by atoms with Gasteiger partial charge in [0, 0.05) is 79.9 Å². The van der Waals surface area contributed by atoms with Crippen molar-refractivity contribution in [1.29, 1.82) is 0 Å². The molecule has 1 atom stereocenters. The Labute approximate surface area is 353 Å². The van der Waals surface area contributed by atoms with Crippen LogP contribution in [0.15, 0.2) is 77.9 Å². The molecule has 0 bridgehead atoms. The van der Waals surface area contributed by atoms with Crippen molar-refractivity contribution in [2.75, 3.05) is 52.1 Å². The SMILES string of the molecule is CC(=O)N1CCc2nc3cc(C(=O)NCCCC(Cc4ccccc4)C(=O)N4CCC(O)(Cn5cnc6cc(NC(=O)CN(C)C)ccc6c5=O)CC4)ccc3c(Cl)c2C1. The number of carbonyl (C=O) groups excluding carboxylic acids is 4. The van der Waals surface area contributed by atoms with Crippen LogP contribution in [0.4, 0.5) is 5.69 Å². The molecular formula is C45H51ClN8O6. The fraction of sp³-hybridized carbons (Fsp3) is 0.400. The number of pyridine rings is 1. The molecule has 0 radical (unpaired) electrons. The molecule has 60 heavy (non-hydrogen) atoms. The quantitative estimate of drug-likeness (QED) is 0.145. The monoisotopic (exact) mass is 834 g/mol. The van der Waals surface area contributed by atoms with Gasteiger partial charge in [-0.15, -0.1) is 0 Å². The first-order valence-electron chi connectivity index (χ1n) is 20.4. The van der Waals surface area contributed by atoms with E-state index in [1.54, 1.807) is 72.1 Å². The standard InChI is InChI=1S/C45H51ClN8O6/c1-29(55)53-19-15-37-36(25-53)41(46)34-13-11-31(23-39(34)50-37)42(57)47-18-7-10-32(22-30-8-5-4-6-9-30)43(58)52-20-16-45(60,17-21-52)27-54-28-48-38-24-33(12-14-35(38)44(54)59)49-40(56)26-51(2)3/h4-6,8-9,11-14,23-24,28,32,60H,7,10,15-22,25-27H2,1-3H3,(H,47,57)(H,49,56). The number of aliphatic hydroxyl groups is 1. The molecule has 314 valence electrons. The number of hydrogen-bond donors (Lipinski definition) is 3. The number of likely N-dealkylation sites (tertiary alicyclic amines) is 1. The van der Waals surface area contributed by atoms with E-state index in [0.29, 0.717) is 104 Å². The van der Waals surface area contributed by atoms with Crippen molar-refractivity contribution >= 4 is 62.7 Å². The summed E-state index contributed by atoms with van der Waals surface area (Å²) in [7, 11) is 3.61. The maximum atomic E-state index is 14.1. The van der Waals surface area contributed by atoms with Gasteiger partial charge in [-0.25, -0.2) is 4.98 Å². The number of anilines is 1. The molecule has 15 heteroatoms. The van der Waals surface area contributed by atoms with Crippen LogP contribution in [0.5, 0.6) is 0 Å². The van der Waals surface area contributed by atoms with E-state index < -0.39 is 5.60 Å². The van der Waals surface area contributed by atoms with Gasteiger partial charge in [-0.3, -0.25) is 33.5 Å². The summed E-state index contributed by atoms with van der Waals surface area (Å²) in [4.78, 5) is 79.6. The van der Waals surface area contributed by atoms with Gasteiger partial charge in [-0.1, -0.05) is 48.0 Å². The predicted molar refractivity (Wildman–Crippen MR) is 231 cm³/mol. The smallest absolute Gasteiger partial charge is 0.261 e. The van der Waals surface area contributed by atoms with E-state index in [1.807, 2.05) is 30.3 Å². The first-order valence-corrected chi connectivity index (χ1v) is 20.8. The number of nitrogens with zero attached hydrogens (tertiary/aromatic N) is 6. The Balaban J connectivity index is 0.951. The number of likely N-dealkylation sites (N-methyl/N-ethyl adjacent to an activating group) is 1. The molecule has 0 saturated carbocycles. The first-order chi connectivity index (χ1) is 28.8. The molecule has 7 rings (SSSR count). The highest BCUT2D eigenvalue weighted by atomic mass is 35.5. The summed E-state index contributed by atoms with van der Waals surface area (Å²) in [6.07, 6.45) is 4.26. The van der Waals surface area contributed by atoms with Crippen molar-refractivity contribution in [3.05, 3.63) is 111 Å². The van der Waals surface area contributed by atoms with Gasteiger partial charge in [0.1, 0.15) is 0 Å². The number of fused-ring (bicyclic) bond motifs is 3. The zero-order valence-electron chi connectivity index (χ0n) is 34.2. The average molecular weight is 835 g/mol. The van der Waals surface area contributed by atoms with E-state index in [-0.39, 0.29) is 48.2 Å². The molecule has 1 fully saturated rings. The van der Waals surface area contributed by atoms with Crippen LogP contribution in [0.2, 0.25) is 5.02 Å². The largest absolute Gasteiger partial charge is 0.388 e. The van der Waals surface area contributed by atoms with Crippen molar-refractivity contribution in [3.63, 3.8) is 0 Å². The van der Waals surface area contributed by atoms with Crippen LogP contribution in [-0.4, -0.2) is 110 Å². The maximum Gasteiger partial charge on any atom is 0.261 e. The number of carbonyl (C=O) groups is 4. The number of aromatic nitrogens is 3. The van der Waals surface area contributed by atoms with Crippen molar-refractivity contribution in [2.24, 2.45) is 5.92 Å². The maximum absolute atomic E-state index is 14.1. The third-order valence-corrected chi connectivity index (χ3v) is 11.9. The number of hydrogen-bond acceptors (Lipinski definition) is 9. The molecular weight excluding hydrogens is 784 g/mol. The lowest BCUT2D eigenvalue weighted by atomic mass is 9.88. The van der Waals surface area contributed by atoms with Gasteiger partial charge in [0.2, 0.25) is 17.7 Å². The fourth-order valence-corrected chi connectivity index (χ4v) is 8.51. The third kappa shape index (κ3) is 9.83. The van der Waals surface area contributed by atoms with E-state index in [0.717, 1.165) is 22.2 Å². The minimum absolute atomic E-state index is 0.00233. The molecule has 4 heterocycles. The van der Waals surface area contributed by atoms with Crippen LogP contribution >= 0.6 is 11.6 Å². The second kappa shape index (κ2) is 18.3. The highest BCUT2D eigenvalue weighted by molar-refractivity contribution is 6.36. The second-order valence-electron chi connectivity index (χ2n) is 16.3. The number of piperidine rings is 1. The predicted octanol–water partition coefficient (Wildman–Crippen LogP) is 4.43. The molecule has 3 aromatic carbocycles. The minimum atomic E-state index is -1.21. The molecule has 1 saturated heterocycles. The van der Waals surface area contributed by atoms with Crippen molar-refractivity contribution in [1.82, 2.24) is 34.6 Å². The van der Waals surface area contributed by atoms with E-state index in [2.05, 4.69) is 15.6 Å². The molecule has 3 N–H and O–H groups in total. The summed E-state index contributed by atoms with van der Waals surface area (Å²) >= 11 is 6.78. The number of amides is 4. The normalized spacial score (nSPS) is 15.5. The van der Waals surface area contributed by atoms with Crippen molar-refractivity contribution < 1.29 is 24.3 Å². The van der Waals surface area contributed by atoms with Crippen molar-refractivity contribution in [3.8, 4) is 0 Å². The summed E-state index contributed by atoms with van der Waals surface area (Å²) in [5.41, 5.74) is 3.29. The van der Waals surface area contributed by atoms with E-state index >= 15 is 0 Å². The molecule has 1 unspecified atom stereocenters. The lowest BCUT2D eigenvalue weighted by Gasteiger charge is -2.39. The first kappa shape index (κ1) is 42.4. The Morgan fingerprint density at radius 2 is 1.70 bits per heavy atom. The van der Waals surface area contributed by atoms with E-state index in [1.165, 1.54) is 10.9 Å². The van der Waals surface area contributed by atoms with Crippen LogP contribution in [0.25, 0.3) is 21.8 Å². The summed E-state index contributed by atoms with van der Waals surface area (Å²) < 4.78 is 1.41. The van der Waals surface area contributed by atoms with Gasteiger partial charge in [0.05, 0.1) is 46.5 Å². The van der Waals surface area contributed by atoms with Crippen molar-refractivity contribution in [2.45, 2.75) is 64.1 Å². The lowest BCUT2D eigenvalue weighted by molar-refractivity contribution is -0.140. The highest BCUT2D eigenvalue weighted by Crippen LogP contribution is 2.33. The van der Waals surface area contributed by atoms with Gasteiger partial charge in [0.25, 0.3) is 11.5 Å². The molecule has 14 nitrogen and oxygen atoms in total. The van der Waals surface area contributed by atoms with Gasteiger partial charge < -0.3 is 30.4 Å². The molecule has 5 aromatic rings. The Kier molecular flexibility index (Phi) is 12.9. The fourth-order valence-electron chi connectivity index (χ4n) is 8.18. The molecule has 0 spiro atoms. The Bertz CT molecular complexity index is 2480. The molecule has 2 aliphatic heterocycles. The minimum Gasteiger partial charge on any atom is -0.388 e. The Morgan fingerprint density at radius 1 is 0.950 bits per heavy atom. The summed E-state index contributed by atoms with van der Waals surface area (Å²) in [5.74, 6) is -0.768. The topological polar surface area (TPSA) is 170 Å². The average Bonchev–Trinajstić information content (AvgIpc) is 3.22. The summed E-state index contributed by atoms with van der Waals surface area (Å²) in [6.45, 7) is 3.83. The summed E-state index contributed by atoms with van der Waals surface area (Å²) in [6, 6.07) is 20.1. The van der Waals surface area contributed by atoms with Crippen LogP contribution in [0.1, 0.15) is 59.8 Å². The number of benzene rings is 3. The van der Waals surface area contributed by atoms with Gasteiger partial charge in [-0.05, 0) is 82.1 Å². The number of nitrogens with one attached hydrogen (secondary N) is 2. The molecule has 0 aliphatic carbocycles. The van der Waals surface area contributed by atoms with Crippen LogP contribution in [0, 0.1) is 5.92 Å². The summed E-state index contributed by atoms with van der Waals surface area (Å²) in [5, 5.41) is 19.1. The van der Waals surface area contributed by atoms with E-state index in [4.69, 9.17) is 16.6 Å². The van der Waals surface area contributed by atoms with Gasteiger partial charge in [-0.2, -0.15) is 0 Å². The molecule has 2 aromatic heterocycles. The Hall–Kier alpha value is -5.70. The Morgan fingerprint density at radius 3 is 2.43 bits per heavy atom. The number of rotatable bonds is 13. The van der Waals surface area contributed by atoms with Gasteiger partial charge in [0.15, 0.2) is 0 Å². The zero-order chi connectivity index (χ0) is 42.6. The van der Waals surface area contributed by atoms with Crippen LogP contribution in [-0.2, 0) is 40.3 Å². The highest BCUT2D eigenvalue weighted by Gasteiger charge is 2.36. The third-order valence-electron chi connectivity index (χ3n) is 11.5. The lowest BCUT2D eigenvalue weighted by Crippen LogP contribution is -2.51.